The van der Waals surface area contributed by atoms with Gasteiger partial charge in [-0.15, -0.1) is 23.5 Å². The van der Waals surface area contributed by atoms with Crippen LogP contribution >= 0.6 is 23.5 Å². The minimum atomic E-state index is 0.434. The van der Waals surface area contributed by atoms with Crippen LogP contribution < -0.4 is 0 Å². The molecule has 0 aromatic heterocycles. The average molecular weight is 164 g/mol. The fourth-order valence-electron chi connectivity index (χ4n) is 0.698. The van der Waals surface area contributed by atoms with Crippen LogP contribution in [0.2, 0.25) is 0 Å². The average Bonchev–Trinajstić information content (AvgIpc) is 1.91. The summed E-state index contributed by atoms with van der Waals surface area (Å²) in [4.78, 5) is 0. The van der Waals surface area contributed by atoms with Gasteiger partial charge in [0.25, 0.3) is 0 Å². The summed E-state index contributed by atoms with van der Waals surface area (Å²) in [6.45, 7) is 2.90. The van der Waals surface area contributed by atoms with Crippen LogP contribution in [-0.2, 0) is 4.74 Å². The third-order valence-electron chi connectivity index (χ3n) is 1.10. The Balaban J connectivity index is 2.08. The zero-order valence-corrected chi connectivity index (χ0v) is 7.26. The smallest absolute Gasteiger partial charge is 0.149 e. The summed E-state index contributed by atoms with van der Waals surface area (Å²) in [7, 11) is 0. The van der Waals surface area contributed by atoms with Crippen molar-refractivity contribution in [2.75, 3.05) is 18.1 Å². The number of rotatable bonds is 2. The van der Waals surface area contributed by atoms with Gasteiger partial charge in [-0.2, -0.15) is 0 Å². The maximum Gasteiger partial charge on any atom is 0.149 e. The maximum atomic E-state index is 5.41. The van der Waals surface area contributed by atoms with Crippen molar-refractivity contribution in [1.82, 2.24) is 0 Å². The van der Waals surface area contributed by atoms with Crippen molar-refractivity contribution < 1.29 is 4.74 Å². The van der Waals surface area contributed by atoms with Gasteiger partial charge >= 0.3 is 0 Å². The van der Waals surface area contributed by atoms with Gasteiger partial charge in [-0.3, -0.25) is 0 Å². The first-order valence-corrected chi connectivity index (χ1v) is 5.38. The van der Waals surface area contributed by atoms with E-state index in [0.29, 0.717) is 4.77 Å². The van der Waals surface area contributed by atoms with Crippen LogP contribution in [0, 0.1) is 0 Å². The highest BCUT2D eigenvalue weighted by atomic mass is 32.2. The summed E-state index contributed by atoms with van der Waals surface area (Å²) in [5, 5.41) is 0. The van der Waals surface area contributed by atoms with Crippen LogP contribution in [0.15, 0.2) is 0 Å². The molecule has 0 bridgehead atoms. The summed E-state index contributed by atoms with van der Waals surface area (Å²) >= 11 is 3.86. The lowest BCUT2D eigenvalue weighted by atomic mass is 10.6. The van der Waals surface area contributed by atoms with Gasteiger partial charge in [-0.25, -0.2) is 0 Å². The largest absolute Gasteiger partial charge is 0.358 e. The second-order valence-electron chi connectivity index (χ2n) is 1.84. The van der Waals surface area contributed by atoms with Crippen LogP contribution in [-0.4, -0.2) is 22.9 Å². The lowest BCUT2D eigenvalue weighted by Crippen LogP contribution is -2.10. The van der Waals surface area contributed by atoms with Gasteiger partial charge in [0, 0.05) is 6.61 Å². The van der Waals surface area contributed by atoms with Crippen LogP contribution in [0.1, 0.15) is 13.3 Å². The monoisotopic (exact) mass is 164 g/mol. The van der Waals surface area contributed by atoms with Gasteiger partial charge < -0.3 is 4.74 Å². The molecule has 0 amide bonds. The van der Waals surface area contributed by atoms with E-state index in [2.05, 4.69) is 6.92 Å². The van der Waals surface area contributed by atoms with Crippen molar-refractivity contribution in [2.24, 2.45) is 0 Å². The van der Waals surface area contributed by atoms with Gasteiger partial charge in [0.15, 0.2) is 0 Å². The van der Waals surface area contributed by atoms with E-state index >= 15 is 0 Å². The van der Waals surface area contributed by atoms with Gasteiger partial charge in [-0.05, 0) is 24.9 Å². The van der Waals surface area contributed by atoms with E-state index in [4.69, 9.17) is 4.74 Å². The number of hydrogen-bond donors (Lipinski definition) is 0. The molecule has 0 aromatic rings. The number of thioether (sulfide) groups is 2. The van der Waals surface area contributed by atoms with E-state index in [0.717, 1.165) is 6.61 Å². The molecular formula is C6H12OS2. The predicted molar refractivity (Wildman–Crippen MR) is 44.9 cm³/mol. The normalized spacial score (nSPS) is 22.3. The minimum Gasteiger partial charge on any atom is -0.358 e. The molecule has 0 spiro atoms. The van der Waals surface area contributed by atoms with Crippen molar-refractivity contribution in [1.29, 1.82) is 0 Å². The molecule has 54 valence electrons. The second-order valence-corrected chi connectivity index (χ2v) is 4.48. The molecule has 0 radical (unpaired) electrons. The van der Waals surface area contributed by atoms with E-state index < -0.39 is 0 Å². The van der Waals surface area contributed by atoms with Crippen molar-refractivity contribution in [2.45, 2.75) is 18.1 Å². The molecule has 0 aromatic carbocycles. The predicted octanol–water partition coefficient (Wildman–Crippen LogP) is 2.18. The lowest BCUT2D eigenvalue weighted by molar-refractivity contribution is 0.177. The molecule has 1 aliphatic rings. The molecule has 1 heterocycles. The van der Waals surface area contributed by atoms with Gasteiger partial charge in [0.2, 0.25) is 0 Å². The van der Waals surface area contributed by atoms with E-state index in [1.165, 1.54) is 17.9 Å². The summed E-state index contributed by atoms with van der Waals surface area (Å²) in [5.74, 6) is 2.55. The molecule has 1 nitrogen and oxygen atoms in total. The van der Waals surface area contributed by atoms with Crippen LogP contribution in [0.5, 0.6) is 0 Å². The summed E-state index contributed by atoms with van der Waals surface area (Å²) in [6, 6.07) is 0. The molecule has 0 N–H and O–H groups in total. The molecule has 0 aliphatic carbocycles. The van der Waals surface area contributed by atoms with E-state index in [9.17, 15) is 0 Å². The van der Waals surface area contributed by atoms with E-state index in [1.54, 1.807) is 0 Å². The van der Waals surface area contributed by atoms with Crippen molar-refractivity contribution in [3.05, 3.63) is 0 Å². The molecule has 1 saturated heterocycles. The Kier molecular flexibility index (Phi) is 3.86. The summed E-state index contributed by atoms with van der Waals surface area (Å²) < 4.78 is 5.84. The van der Waals surface area contributed by atoms with E-state index in [1.807, 2.05) is 23.5 Å². The molecule has 0 saturated carbocycles. The Labute approximate surface area is 64.9 Å². The Morgan fingerprint density at radius 2 is 2.11 bits per heavy atom. The Morgan fingerprint density at radius 3 is 2.67 bits per heavy atom. The first-order chi connectivity index (χ1) is 4.43. The molecule has 1 fully saturated rings. The van der Waals surface area contributed by atoms with Crippen molar-refractivity contribution >= 4 is 23.5 Å². The second kappa shape index (κ2) is 4.47. The zero-order chi connectivity index (χ0) is 6.53. The number of ether oxygens (including phenoxy) is 1. The van der Waals surface area contributed by atoms with Crippen molar-refractivity contribution in [3.8, 4) is 0 Å². The quantitative estimate of drug-likeness (QED) is 0.619. The highest BCUT2D eigenvalue weighted by Crippen LogP contribution is 2.30. The van der Waals surface area contributed by atoms with Gasteiger partial charge in [0.05, 0.1) is 0 Å². The van der Waals surface area contributed by atoms with Gasteiger partial charge in [-0.1, -0.05) is 0 Å². The highest BCUT2D eigenvalue weighted by molar-refractivity contribution is 8.17. The third-order valence-corrected chi connectivity index (χ3v) is 3.78. The molecule has 3 heteroatoms. The summed E-state index contributed by atoms with van der Waals surface area (Å²) in [5.41, 5.74) is 0. The van der Waals surface area contributed by atoms with Crippen LogP contribution in [0.3, 0.4) is 0 Å². The fourth-order valence-corrected chi connectivity index (χ4v) is 3.31. The van der Waals surface area contributed by atoms with Crippen LogP contribution in [0.4, 0.5) is 0 Å². The third kappa shape index (κ3) is 2.83. The van der Waals surface area contributed by atoms with Gasteiger partial charge in [0.1, 0.15) is 4.77 Å². The summed E-state index contributed by atoms with van der Waals surface area (Å²) in [6.07, 6.45) is 1.35. The zero-order valence-electron chi connectivity index (χ0n) is 5.63. The molecule has 1 rings (SSSR count). The van der Waals surface area contributed by atoms with Crippen LogP contribution in [0.25, 0.3) is 0 Å². The minimum absolute atomic E-state index is 0.434. The standard InChI is InChI=1S/C6H12OS2/c1-2-7-6-8-4-3-5-9-6/h6H,2-5H2,1H3. The molecular weight excluding hydrogens is 152 g/mol. The SMILES string of the molecule is CCOC1SCCCS1. The Hall–Kier alpha value is 0.660. The molecule has 0 atom stereocenters. The van der Waals surface area contributed by atoms with E-state index in [-0.39, 0.29) is 0 Å². The fraction of sp³-hybridized carbons (Fsp3) is 1.00. The first-order valence-electron chi connectivity index (χ1n) is 3.28. The van der Waals surface area contributed by atoms with Crippen molar-refractivity contribution in [3.63, 3.8) is 0 Å². The number of hydrogen-bond acceptors (Lipinski definition) is 3. The topological polar surface area (TPSA) is 9.23 Å². The molecule has 9 heavy (non-hydrogen) atoms. The first kappa shape index (κ1) is 7.76. The molecule has 0 unspecified atom stereocenters. The Morgan fingerprint density at radius 1 is 1.44 bits per heavy atom. The maximum absolute atomic E-state index is 5.41. The highest BCUT2D eigenvalue weighted by Gasteiger charge is 2.12. The molecule has 1 aliphatic heterocycles. The lowest BCUT2D eigenvalue weighted by Gasteiger charge is -2.19. The Bertz CT molecular complexity index is 68.7.